The van der Waals surface area contributed by atoms with Crippen LogP contribution in [-0.2, 0) is 4.79 Å². The Morgan fingerprint density at radius 3 is 2.42 bits per heavy atom. The van der Waals surface area contributed by atoms with Gasteiger partial charge in [0.05, 0.1) is 19.7 Å². The van der Waals surface area contributed by atoms with Crippen molar-refractivity contribution >= 4 is 28.3 Å². The number of hydrogen-bond donors (Lipinski definition) is 2. The highest BCUT2D eigenvalue weighted by Crippen LogP contribution is 2.34. The average molecular weight is 354 g/mol. The van der Waals surface area contributed by atoms with Crippen molar-refractivity contribution in [3.8, 4) is 17.2 Å². The van der Waals surface area contributed by atoms with Gasteiger partial charge in [-0.05, 0) is 30.3 Å². The molecule has 0 radical (unpaired) electrons. The molecule has 26 heavy (non-hydrogen) atoms. The van der Waals surface area contributed by atoms with Crippen LogP contribution >= 0.6 is 0 Å². The summed E-state index contributed by atoms with van der Waals surface area (Å²) in [5.74, 6) is 1.84. The molecule has 8 nitrogen and oxygen atoms in total. The van der Waals surface area contributed by atoms with Gasteiger partial charge in [0, 0.05) is 17.1 Å². The van der Waals surface area contributed by atoms with Gasteiger partial charge in [-0.25, -0.2) is 9.97 Å². The number of aromatic nitrogens is 2. The topological polar surface area (TPSA) is 109 Å². The Morgan fingerprint density at radius 2 is 1.77 bits per heavy atom. The van der Waals surface area contributed by atoms with E-state index < -0.39 is 5.91 Å². The van der Waals surface area contributed by atoms with E-state index in [1.54, 1.807) is 32.4 Å². The number of rotatable bonds is 7. The van der Waals surface area contributed by atoms with E-state index in [-0.39, 0.29) is 6.61 Å². The SMILES string of the molecule is COc1cc2ncnc(Nc3ccc(OCC(N)=O)cc3)c2cc1OC. The Morgan fingerprint density at radius 1 is 1.08 bits per heavy atom. The second kappa shape index (κ2) is 7.56. The molecule has 0 bridgehead atoms. The Hall–Kier alpha value is -3.55. The van der Waals surface area contributed by atoms with Crippen molar-refractivity contribution in [1.29, 1.82) is 0 Å². The lowest BCUT2D eigenvalue weighted by atomic mass is 10.2. The second-order valence-corrected chi connectivity index (χ2v) is 5.35. The number of amides is 1. The minimum atomic E-state index is -0.524. The van der Waals surface area contributed by atoms with Gasteiger partial charge < -0.3 is 25.3 Å². The molecule has 0 unspecified atom stereocenters. The summed E-state index contributed by atoms with van der Waals surface area (Å²) >= 11 is 0. The Bertz CT molecular complexity index is 928. The fourth-order valence-electron chi connectivity index (χ4n) is 2.41. The van der Waals surface area contributed by atoms with Gasteiger partial charge in [0.1, 0.15) is 17.9 Å². The van der Waals surface area contributed by atoms with E-state index in [4.69, 9.17) is 19.9 Å². The molecule has 3 aromatic rings. The van der Waals surface area contributed by atoms with Crippen LogP contribution in [0.3, 0.4) is 0 Å². The van der Waals surface area contributed by atoms with Crippen molar-refractivity contribution in [1.82, 2.24) is 9.97 Å². The summed E-state index contributed by atoms with van der Waals surface area (Å²) in [4.78, 5) is 19.3. The Kier molecular flexibility index (Phi) is 5.02. The van der Waals surface area contributed by atoms with Crippen molar-refractivity contribution in [2.24, 2.45) is 5.73 Å². The Balaban J connectivity index is 1.87. The number of carbonyl (C=O) groups excluding carboxylic acids is 1. The first-order chi connectivity index (χ1) is 12.6. The van der Waals surface area contributed by atoms with Crippen molar-refractivity contribution in [2.45, 2.75) is 0 Å². The van der Waals surface area contributed by atoms with E-state index in [1.807, 2.05) is 18.2 Å². The van der Waals surface area contributed by atoms with Crippen LogP contribution in [0.2, 0.25) is 0 Å². The molecule has 1 heterocycles. The molecule has 134 valence electrons. The molecule has 3 N–H and O–H groups in total. The maximum atomic E-state index is 10.8. The molecular formula is C18H18N4O4. The average Bonchev–Trinajstić information content (AvgIpc) is 2.66. The summed E-state index contributed by atoms with van der Waals surface area (Å²) in [6, 6.07) is 10.7. The number of hydrogen-bond acceptors (Lipinski definition) is 7. The zero-order valence-corrected chi connectivity index (χ0v) is 14.4. The fraction of sp³-hybridized carbons (Fsp3) is 0.167. The number of nitrogens with two attached hydrogens (primary N) is 1. The normalized spacial score (nSPS) is 10.4. The summed E-state index contributed by atoms with van der Waals surface area (Å²) in [7, 11) is 3.15. The molecule has 0 aliphatic carbocycles. The first-order valence-corrected chi connectivity index (χ1v) is 7.75. The van der Waals surface area contributed by atoms with Crippen LogP contribution in [0.25, 0.3) is 10.9 Å². The predicted molar refractivity (Wildman–Crippen MR) is 97.1 cm³/mol. The number of methoxy groups -OCH3 is 2. The number of primary amides is 1. The van der Waals surface area contributed by atoms with Crippen molar-refractivity contribution in [2.75, 3.05) is 26.1 Å². The molecular weight excluding hydrogens is 336 g/mol. The van der Waals surface area contributed by atoms with Gasteiger partial charge in [-0.3, -0.25) is 4.79 Å². The van der Waals surface area contributed by atoms with Crippen LogP contribution in [0.4, 0.5) is 11.5 Å². The molecule has 0 spiro atoms. The van der Waals surface area contributed by atoms with Crippen molar-refractivity contribution in [3.63, 3.8) is 0 Å². The largest absolute Gasteiger partial charge is 0.493 e. The van der Waals surface area contributed by atoms with E-state index in [9.17, 15) is 4.79 Å². The van der Waals surface area contributed by atoms with E-state index in [0.717, 1.165) is 16.6 Å². The van der Waals surface area contributed by atoms with Crippen molar-refractivity contribution in [3.05, 3.63) is 42.7 Å². The van der Waals surface area contributed by atoms with Gasteiger partial charge in [0.25, 0.3) is 5.91 Å². The molecule has 0 saturated heterocycles. The first kappa shape index (κ1) is 17.3. The molecule has 2 aromatic carbocycles. The Labute approximate surface area is 149 Å². The summed E-state index contributed by atoms with van der Waals surface area (Å²) in [5, 5.41) is 4.02. The first-order valence-electron chi connectivity index (χ1n) is 7.75. The van der Waals surface area contributed by atoms with Crippen LogP contribution < -0.4 is 25.3 Å². The maximum absolute atomic E-state index is 10.8. The summed E-state index contributed by atoms with van der Waals surface area (Å²) in [5.41, 5.74) is 6.58. The summed E-state index contributed by atoms with van der Waals surface area (Å²) in [6.07, 6.45) is 1.47. The molecule has 1 aromatic heterocycles. The third kappa shape index (κ3) is 3.75. The van der Waals surface area contributed by atoms with E-state index in [2.05, 4.69) is 15.3 Å². The molecule has 0 atom stereocenters. The molecule has 3 rings (SSSR count). The van der Waals surface area contributed by atoms with Gasteiger partial charge >= 0.3 is 0 Å². The van der Waals surface area contributed by atoms with Crippen LogP contribution in [0.15, 0.2) is 42.7 Å². The van der Waals surface area contributed by atoms with Crippen molar-refractivity contribution < 1.29 is 19.0 Å². The van der Waals surface area contributed by atoms with Gasteiger partial charge in [-0.15, -0.1) is 0 Å². The highest BCUT2D eigenvalue weighted by atomic mass is 16.5. The monoisotopic (exact) mass is 354 g/mol. The maximum Gasteiger partial charge on any atom is 0.255 e. The molecule has 0 fully saturated rings. The highest BCUT2D eigenvalue weighted by Gasteiger charge is 2.11. The third-order valence-corrected chi connectivity index (χ3v) is 3.64. The predicted octanol–water partition coefficient (Wildman–Crippen LogP) is 2.25. The van der Waals surface area contributed by atoms with Crippen LogP contribution in [0.5, 0.6) is 17.2 Å². The van der Waals surface area contributed by atoms with Gasteiger partial charge in [-0.1, -0.05) is 0 Å². The highest BCUT2D eigenvalue weighted by molar-refractivity contribution is 5.93. The zero-order chi connectivity index (χ0) is 18.5. The molecule has 0 aliphatic heterocycles. The molecule has 0 aliphatic rings. The van der Waals surface area contributed by atoms with E-state index in [1.165, 1.54) is 6.33 Å². The number of carbonyl (C=O) groups is 1. The lowest BCUT2D eigenvalue weighted by molar-refractivity contribution is -0.119. The lowest BCUT2D eigenvalue weighted by Crippen LogP contribution is -2.19. The fourth-order valence-corrected chi connectivity index (χ4v) is 2.41. The van der Waals surface area contributed by atoms with Gasteiger partial charge in [0.15, 0.2) is 18.1 Å². The van der Waals surface area contributed by atoms with Crippen LogP contribution in [-0.4, -0.2) is 36.7 Å². The quantitative estimate of drug-likeness (QED) is 0.670. The number of anilines is 2. The smallest absolute Gasteiger partial charge is 0.255 e. The lowest BCUT2D eigenvalue weighted by Gasteiger charge is -2.12. The van der Waals surface area contributed by atoms with Crippen LogP contribution in [0.1, 0.15) is 0 Å². The number of nitrogens with one attached hydrogen (secondary N) is 1. The molecule has 1 amide bonds. The standard InChI is InChI=1S/C18H18N4O4/c1-24-15-7-13-14(8-16(15)25-2)20-10-21-18(13)22-11-3-5-12(6-4-11)26-9-17(19)23/h3-8,10H,9H2,1-2H3,(H2,19,23)(H,20,21,22). The zero-order valence-electron chi connectivity index (χ0n) is 14.4. The van der Waals surface area contributed by atoms with Gasteiger partial charge in [0.2, 0.25) is 0 Å². The second-order valence-electron chi connectivity index (χ2n) is 5.35. The minimum absolute atomic E-state index is 0.162. The minimum Gasteiger partial charge on any atom is -0.493 e. The number of benzene rings is 2. The van der Waals surface area contributed by atoms with E-state index in [0.29, 0.717) is 23.1 Å². The summed E-state index contributed by atoms with van der Waals surface area (Å²) < 4.78 is 15.9. The van der Waals surface area contributed by atoms with Crippen LogP contribution in [0, 0.1) is 0 Å². The number of fused-ring (bicyclic) bond motifs is 1. The van der Waals surface area contributed by atoms with E-state index >= 15 is 0 Å². The summed E-state index contributed by atoms with van der Waals surface area (Å²) in [6.45, 7) is -0.162. The number of nitrogens with zero attached hydrogens (tertiary/aromatic N) is 2. The molecule has 0 saturated carbocycles. The van der Waals surface area contributed by atoms with Gasteiger partial charge in [-0.2, -0.15) is 0 Å². The number of ether oxygens (including phenoxy) is 3. The molecule has 8 heteroatoms. The third-order valence-electron chi connectivity index (χ3n) is 3.64.